The van der Waals surface area contributed by atoms with E-state index in [0.717, 1.165) is 36.6 Å². The summed E-state index contributed by atoms with van der Waals surface area (Å²) in [6.45, 7) is 1.58. The monoisotopic (exact) mass is 345 g/mol. The van der Waals surface area contributed by atoms with Crippen LogP contribution in [0.2, 0.25) is 0 Å². The predicted octanol–water partition coefficient (Wildman–Crippen LogP) is 2.88. The molecule has 0 unspecified atom stereocenters. The number of fused-ring (bicyclic) bond motifs is 2. The van der Waals surface area contributed by atoms with Crippen molar-refractivity contribution in [3.8, 4) is 11.3 Å². The minimum atomic E-state index is 0.00727. The van der Waals surface area contributed by atoms with Gasteiger partial charge in [0, 0.05) is 31.0 Å². The first-order valence-electron chi connectivity index (χ1n) is 8.87. The third-order valence-electron chi connectivity index (χ3n) is 5.30. The van der Waals surface area contributed by atoms with Crippen LogP contribution in [0.25, 0.3) is 11.3 Å². The largest absolute Gasteiger partial charge is 0.350 e. The Morgan fingerprint density at radius 3 is 2.54 bits per heavy atom. The Kier molecular flexibility index (Phi) is 3.48. The molecule has 2 fully saturated rings. The molecule has 0 aliphatic carbocycles. The molecule has 2 aliphatic rings. The van der Waals surface area contributed by atoms with E-state index in [1.165, 1.54) is 0 Å². The van der Waals surface area contributed by atoms with E-state index in [1.807, 2.05) is 65.8 Å². The Hall–Kier alpha value is -3.15. The van der Waals surface area contributed by atoms with Crippen LogP contribution in [-0.4, -0.2) is 50.6 Å². The molecule has 5 rings (SSSR count). The Morgan fingerprint density at radius 1 is 0.962 bits per heavy atom. The first-order chi connectivity index (χ1) is 12.8. The van der Waals surface area contributed by atoms with Crippen molar-refractivity contribution in [2.24, 2.45) is 0 Å². The van der Waals surface area contributed by atoms with E-state index in [0.29, 0.717) is 6.04 Å². The fraction of sp³-hybridized carbons (Fsp3) is 0.250. The van der Waals surface area contributed by atoms with Crippen LogP contribution in [0.3, 0.4) is 0 Å². The van der Waals surface area contributed by atoms with Gasteiger partial charge in [-0.25, -0.2) is 14.8 Å². The SMILES string of the molecule is O=C(N1C[C@@H]2C[C@H]1CN2c1ccccn1)n1cnc(-c2ccccc2)c1. The Morgan fingerprint density at radius 2 is 1.81 bits per heavy atom. The van der Waals surface area contributed by atoms with Crippen molar-refractivity contribution in [1.82, 2.24) is 19.4 Å². The van der Waals surface area contributed by atoms with Crippen LogP contribution in [0.5, 0.6) is 0 Å². The number of carbonyl (C=O) groups is 1. The van der Waals surface area contributed by atoms with E-state index in [9.17, 15) is 4.79 Å². The van der Waals surface area contributed by atoms with E-state index < -0.39 is 0 Å². The highest BCUT2D eigenvalue weighted by Crippen LogP contribution is 2.34. The third-order valence-corrected chi connectivity index (χ3v) is 5.30. The van der Waals surface area contributed by atoms with Gasteiger partial charge in [-0.2, -0.15) is 0 Å². The number of carbonyl (C=O) groups excluding carboxylic acids is 1. The van der Waals surface area contributed by atoms with E-state index >= 15 is 0 Å². The number of anilines is 1. The van der Waals surface area contributed by atoms with Crippen molar-refractivity contribution in [3.05, 3.63) is 67.3 Å². The predicted molar refractivity (Wildman–Crippen MR) is 98.9 cm³/mol. The maximum Gasteiger partial charge on any atom is 0.329 e. The molecule has 2 aliphatic heterocycles. The second-order valence-electron chi connectivity index (χ2n) is 6.85. The van der Waals surface area contributed by atoms with Crippen LogP contribution in [0.15, 0.2) is 67.3 Å². The van der Waals surface area contributed by atoms with Gasteiger partial charge in [-0.1, -0.05) is 36.4 Å². The lowest BCUT2D eigenvalue weighted by Gasteiger charge is -2.34. The summed E-state index contributed by atoms with van der Waals surface area (Å²) in [5, 5.41) is 0. The number of piperazine rings is 1. The van der Waals surface area contributed by atoms with Gasteiger partial charge in [0.1, 0.15) is 12.1 Å². The van der Waals surface area contributed by atoms with Crippen LogP contribution < -0.4 is 4.90 Å². The minimum absolute atomic E-state index is 0.00727. The smallest absolute Gasteiger partial charge is 0.329 e. The molecule has 1 aromatic carbocycles. The van der Waals surface area contributed by atoms with Crippen molar-refractivity contribution in [3.63, 3.8) is 0 Å². The average Bonchev–Trinajstić information content (AvgIpc) is 3.44. The van der Waals surface area contributed by atoms with Gasteiger partial charge in [-0.15, -0.1) is 0 Å². The molecule has 2 saturated heterocycles. The second kappa shape index (κ2) is 5.98. The maximum absolute atomic E-state index is 12.9. The lowest BCUT2D eigenvalue weighted by molar-refractivity contribution is 0.190. The molecule has 1 amide bonds. The molecule has 0 spiro atoms. The van der Waals surface area contributed by atoms with Crippen LogP contribution in [0.4, 0.5) is 10.6 Å². The van der Waals surface area contributed by atoms with Crippen LogP contribution >= 0.6 is 0 Å². The highest BCUT2D eigenvalue weighted by molar-refractivity contribution is 5.79. The van der Waals surface area contributed by atoms with Gasteiger partial charge in [0.05, 0.1) is 17.8 Å². The summed E-state index contributed by atoms with van der Waals surface area (Å²) < 4.78 is 1.61. The number of hydrogen-bond donors (Lipinski definition) is 0. The molecular weight excluding hydrogens is 326 g/mol. The molecule has 3 aromatic rings. The molecular formula is C20H19N5O. The molecule has 6 nitrogen and oxygen atoms in total. The number of benzene rings is 1. The normalized spacial score (nSPS) is 21.4. The van der Waals surface area contributed by atoms with Crippen LogP contribution in [0.1, 0.15) is 6.42 Å². The molecule has 6 heteroatoms. The van der Waals surface area contributed by atoms with Crippen molar-refractivity contribution >= 4 is 11.8 Å². The molecule has 130 valence electrons. The lowest BCUT2D eigenvalue weighted by Crippen LogP contribution is -2.50. The molecule has 2 aromatic heterocycles. The first kappa shape index (κ1) is 15.1. The van der Waals surface area contributed by atoms with Crippen molar-refractivity contribution in [2.45, 2.75) is 18.5 Å². The Labute approximate surface area is 151 Å². The Bertz CT molecular complexity index is 924. The standard InChI is InChI=1S/C20H19N5O/c26-20(23-13-18(22-14-23)15-6-2-1-3-7-15)25-12-16-10-17(25)11-24(16)19-8-4-5-9-21-19/h1-9,13-14,16-17H,10-12H2/t16-,17-/m0/s1. The molecule has 2 bridgehead atoms. The molecule has 0 saturated carbocycles. The summed E-state index contributed by atoms with van der Waals surface area (Å²) in [6.07, 6.45) is 6.26. The Balaban J connectivity index is 1.32. The first-order valence-corrected chi connectivity index (χ1v) is 8.87. The molecule has 4 heterocycles. The van der Waals surface area contributed by atoms with E-state index in [1.54, 1.807) is 10.9 Å². The summed E-state index contributed by atoms with van der Waals surface area (Å²) in [6, 6.07) is 16.5. The zero-order valence-corrected chi connectivity index (χ0v) is 14.3. The van der Waals surface area contributed by atoms with Crippen LogP contribution in [-0.2, 0) is 0 Å². The maximum atomic E-state index is 12.9. The summed E-state index contributed by atoms with van der Waals surface area (Å²) in [5.41, 5.74) is 1.83. The van der Waals surface area contributed by atoms with E-state index in [-0.39, 0.29) is 12.1 Å². The number of amides is 1. The summed E-state index contributed by atoms with van der Waals surface area (Å²) in [5.74, 6) is 1.00. The summed E-state index contributed by atoms with van der Waals surface area (Å²) in [4.78, 5) is 26.1. The third kappa shape index (κ3) is 2.45. The number of nitrogens with zero attached hydrogens (tertiary/aromatic N) is 5. The summed E-state index contributed by atoms with van der Waals surface area (Å²) in [7, 11) is 0. The van der Waals surface area contributed by atoms with E-state index in [2.05, 4.69) is 14.9 Å². The average molecular weight is 345 g/mol. The van der Waals surface area contributed by atoms with E-state index in [4.69, 9.17) is 0 Å². The van der Waals surface area contributed by atoms with Gasteiger partial charge in [0.15, 0.2) is 0 Å². The van der Waals surface area contributed by atoms with Gasteiger partial charge in [-0.05, 0) is 18.6 Å². The number of imidazole rings is 1. The van der Waals surface area contributed by atoms with Crippen LogP contribution in [0, 0.1) is 0 Å². The van der Waals surface area contributed by atoms with Gasteiger partial charge in [0.2, 0.25) is 0 Å². The van der Waals surface area contributed by atoms with Gasteiger partial charge < -0.3 is 9.80 Å². The number of aromatic nitrogens is 3. The van der Waals surface area contributed by atoms with Gasteiger partial charge in [0.25, 0.3) is 0 Å². The highest BCUT2D eigenvalue weighted by Gasteiger charge is 2.46. The number of hydrogen-bond acceptors (Lipinski definition) is 4. The fourth-order valence-electron chi connectivity index (χ4n) is 4.04. The number of pyridine rings is 1. The second-order valence-corrected chi connectivity index (χ2v) is 6.85. The van der Waals surface area contributed by atoms with Crippen molar-refractivity contribution < 1.29 is 4.79 Å². The highest BCUT2D eigenvalue weighted by atomic mass is 16.2. The molecule has 0 N–H and O–H groups in total. The lowest BCUT2D eigenvalue weighted by atomic mass is 10.2. The summed E-state index contributed by atoms with van der Waals surface area (Å²) >= 11 is 0. The van der Waals surface area contributed by atoms with Gasteiger partial charge >= 0.3 is 6.03 Å². The quantitative estimate of drug-likeness (QED) is 0.717. The molecule has 2 atom stereocenters. The number of rotatable bonds is 2. The zero-order valence-electron chi connectivity index (χ0n) is 14.3. The minimum Gasteiger partial charge on any atom is -0.350 e. The molecule has 26 heavy (non-hydrogen) atoms. The fourth-order valence-corrected chi connectivity index (χ4v) is 4.04. The topological polar surface area (TPSA) is 54.3 Å². The van der Waals surface area contributed by atoms with Crippen molar-refractivity contribution in [1.29, 1.82) is 0 Å². The number of likely N-dealkylation sites (tertiary alicyclic amines) is 1. The molecule has 0 radical (unpaired) electrons. The zero-order chi connectivity index (χ0) is 17.5. The van der Waals surface area contributed by atoms with Gasteiger partial charge in [-0.3, -0.25) is 4.57 Å². The van der Waals surface area contributed by atoms with Crippen molar-refractivity contribution in [2.75, 3.05) is 18.0 Å².